The summed E-state index contributed by atoms with van der Waals surface area (Å²) in [5, 5.41) is 5.04. The van der Waals surface area contributed by atoms with Gasteiger partial charge in [0.15, 0.2) is 0 Å². The molecule has 0 fully saturated rings. The van der Waals surface area contributed by atoms with Gasteiger partial charge in [0.25, 0.3) is 0 Å². The molecule has 0 bridgehead atoms. The summed E-state index contributed by atoms with van der Waals surface area (Å²) in [6.45, 7) is 4.31. The summed E-state index contributed by atoms with van der Waals surface area (Å²) in [7, 11) is 1.59. The van der Waals surface area contributed by atoms with Crippen molar-refractivity contribution in [2.75, 3.05) is 25.6 Å². The lowest BCUT2D eigenvalue weighted by Gasteiger charge is -2.11. The number of benzene rings is 2. The Morgan fingerprint density at radius 2 is 1.48 bits per heavy atom. The quantitative estimate of drug-likeness (QED) is 0.550. The van der Waals surface area contributed by atoms with Gasteiger partial charge in [-0.1, -0.05) is 0 Å². The van der Waals surface area contributed by atoms with Crippen LogP contribution in [-0.2, 0) is 9.59 Å². The van der Waals surface area contributed by atoms with Crippen LogP contribution in [0.2, 0.25) is 0 Å². The van der Waals surface area contributed by atoms with Crippen molar-refractivity contribution in [3.63, 3.8) is 0 Å². The van der Waals surface area contributed by atoms with Crippen molar-refractivity contribution in [2.24, 2.45) is 0 Å². The smallest absolute Gasteiger partial charge is 0.313 e. The highest BCUT2D eigenvalue weighted by molar-refractivity contribution is 6.39. The molecule has 7 nitrogen and oxygen atoms in total. The van der Waals surface area contributed by atoms with Crippen LogP contribution in [0.4, 0.5) is 5.69 Å². The molecule has 2 aromatic carbocycles. The predicted molar refractivity (Wildman–Crippen MR) is 102 cm³/mol. The summed E-state index contributed by atoms with van der Waals surface area (Å²) in [5.41, 5.74) is 0.515. The van der Waals surface area contributed by atoms with Gasteiger partial charge in [-0.2, -0.15) is 0 Å². The molecule has 0 spiro atoms. The zero-order valence-corrected chi connectivity index (χ0v) is 15.7. The van der Waals surface area contributed by atoms with Gasteiger partial charge in [-0.05, 0) is 62.4 Å². The molecule has 2 N–H and O–H groups in total. The predicted octanol–water partition coefficient (Wildman–Crippen LogP) is 2.62. The molecule has 0 aromatic heterocycles. The van der Waals surface area contributed by atoms with E-state index in [1.165, 1.54) is 0 Å². The zero-order chi connectivity index (χ0) is 19.6. The number of carbonyl (C=O) groups is 2. The molecule has 144 valence electrons. The van der Waals surface area contributed by atoms with Crippen LogP contribution >= 0.6 is 0 Å². The lowest BCUT2D eigenvalue weighted by atomic mass is 10.3. The average molecular weight is 372 g/mol. The van der Waals surface area contributed by atoms with Gasteiger partial charge in [0.05, 0.1) is 19.8 Å². The molecule has 0 heterocycles. The highest BCUT2D eigenvalue weighted by Crippen LogP contribution is 2.17. The fourth-order valence-corrected chi connectivity index (χ4v) is 2.16. The van der Waals surface area contributed by atoms with Gasteiger partial charge in [0, 0.05) is 5.69 Å². The number of hydrogen-bond acceptors (Lipinski definition) is 5. The lowest BCUT2D eigenvalue weighted by Crippen LogP contribution is -2.37. The Kier molecular flexibility index (Phi) is 7.49. The van der Waals surface area contributed by atoms with Crippen LogP contribution in [0.15, 0.2) is 48.5 Å². The molecule has 0 atom stereocenters. The third kappa shape index (κ3) is 6.89. The minimum atomic E-state index is -0.739. The van der Waals surface area contributed by atoms with Crippen molar-refractivity contribution < 1.29 is 23.8 Å². The molecule has 2 aromatic rings. The monoisotopic (exact) mass is 372 g/mol. The molecular formula is C20H24N2O5. The molecule has 27 heavy (non-hydrogen) atoms. The Morgan fingerprint density at radius 1 is 0.889 bits per heavy atom. The Balaban J connectivity index is 1.71. The number of carbonyl (C=O) groups excluding carboxylic acids is 2. The Morgan fingerprint density at radius 3 is 2.07 bits per heavy atom. The third-order valence-electron chi connectivity index (χ3n) is 3.41. The van der Waals surface area contributed by atoms with Crippen LogP contribution in [0.25, 0.3) is 0 Å². The van der Waals surface area contributed by atoms with E-state index in [1.807, 2.05) is 13.8 Å². The molecular weight excluding hydrogens is 348 g/mol. The Labute approximate surface area is 158 Å². The van der Waals surface area contributed by atoms with Crippen LogP contribution < -0.4 is 24.8 Å². The summed E-state index contributed by atoms with van der Waals surface area (Å²) in [6, 6.07) is 13.9. The minimum Gasteiger partial charge on any atom is -0.497 e. The van der Waals surface area contributed by atoms with E-state index < -0.39 is 11.8 Å². The Hall–Kier alpha value is -3.22. The van der Waals surface area contributed by atoms with Gasteiger partial charge in [-0.15, -0.1) is 0 Å². The first-order valence-corrected chi connectivity index (χ1v) is 8.60. The van der Waals surface area contributed by atoms with Crippen molar-refractivity contribution in [3.05, 3.63) is 48.5 Å². The van der Waals surface area contributed by atoms with E-state index in [-0.39, 0.29) is 19.3 Å². The van der Waals surface area contributed by atoms with Gasteiger partial charge >= 0.3 is 11.8 Å². The average Bonchev–Trinajstić information content (AvgIpc) is 2.66. The molecule has 2 rings (SSSR count). The van der Waals surface area contributed by atoms with Crippen molar-refractivity contribution in [1.29, 1.82) is 0 Å². The van der Waals surface area contributed by atoms with Gasteiger partial charge in [-0.25, -0.2) is 0 Å². The third-order valence-corrected chi connectivity index (χ3v) is 3.41. The fourth-order valence-electron chi connectivity index (χ4n) is 2.16. The molecule has 0 unspecified atom stereocenters. The second-order valence-electron chi connectivity index (χ2n) is 5.92. The van der Waals surface area contributed by atoms with E-state index in [1.54, 1.807) is 55.6 Å². The topological polar surface area (TPSA) is 85.9 Å². The molecule has 0 saturated heterocycles. The number of nitrogens with one attached hydrogen (secondary N) is 2. The van der Waals surface area contributed by atoms with Crippen LogP contribution in [-0.4, -0.2) is 38.2 Å². The number of hydrogen-bond donors (Lipinski definition) is 2. The number of ether oxygens (including phenoxy) is 3. The molecule has 0 saturated carbocycles. The normalized spacial score (nSPS) is 10.2. The molecule has 0 aliphatic rings. The molecule has 2 amide bonds. The number of methoxy groups -OCH3 is 1. The van der Waals surface area contributed by atoms with E-state index in [9.17, 15) is 9.59 Å². The van der Waals surface area contributed by atoms with Crippen LogP contribution in [0.1, 0.15) is 13.8 Å². The highest BCUT2D eigenvalue weighted by Gasteiger charge is 2.13. The minimum absolute atomic E-state index is 0.0661. The molecule has 0 aliphatic heterocycles. The Bertz CT molecular complexity index is 742. The largest absolute Gasteiger partial charge is 0.497 e. The van der Waals surface area contributed by atoms with Gasteiger partial charge < -0.3 is 24.8 Å². The second-order valence-corrected chi connectivity index (χ2v) is 5.92. The zero-order valence-electron chi connectivity index (χ0n) is 15.7. The summed E-state index contributed by atoms with van der Waals surface area (Å²) in [5.74, 6) is 0.616. The fraction of sp³-hybridized carbons (Fsp3) is 0.300. The summed E-state index contributed by atoms with van der Waals surface area (Å²) in [6.07, 6.45) is 0.0661. The number of anilines is 1. The maximum atomic E-state index is 11.9. The summed E-state index contributed by atoms with van der Waals surface area (Å²) in [4.78, 5) is 23.7. The highest BCUT2D eigenvalue weighted by atomic mass is 16.5. The van der Waals surface area contributed by atoms with Gasteiger partial charge in [0.2, 0.25) is 0 Å². The first kappa shape index (κ1) is 20.1. The first-order valence-electron chi connectivity index (χ1n) is 8.60. The van der Waals surface area contributed by atoms with Gasteiger partial charge in [-0.3, -0.25) is 9.59 Å². The molecule has 7 heteroatoms. The maximum Gasteiger partial charge on any atom is 0.313 e. The standard InChI is InChI=1S/C20H24N2O5/c1-14(2)27-18-6-4-15(5-7-18)22-20(24)19(23)21-12-13-26-17-10-8-16(25-3)9-11-17/h4-11,14H,12-13H2,1-3H3,(H,21,23)(H,22,24). The maximum absolute atomic E-state index is 11.9. The van der Waals surface area contributed by atoms with E-state index >= 15 is 0 Å². The summed E-state index contributed by atoms with van der Waals surface area (Å²) >= 11 is 0. The first-order chi connectivity index (χ1) is 13.0. The molecule has 0 aliphatic carbocycles. The lowest BCUT2D eigenvalue weighted by molar-refractivity contribution is -0.136. The van der Waals surface area contributed by atoms with Gasteiger partial charge in [0.1, 0.15) is 23.9 Å². The van der Waals surface area contributed by atoms with E-state index in [0.29, 0.717) is 17.2 Å². The number of amides is 2. The van der Waals surface area contributed by atoms with E-state index in [2.05, 4.69) is 10.6 Å². The van der Waals surface area contributed by atoms with Crippen molar-refractivity contribution in [1.82, 2.24) is 5.32 Å². The van der Waals surface area contributed by atoms with Crippen LogP contribution in [0, 0.1) is 0 Å². The van der Waals surface area contributed by atoms with E-state index in [0.717, 1.165) is 5.75 Å². The van der Waals surface area contributed by atoms with Crippen LogP contribution in [0.5, 0.6) is 17.2 Å². The van der Waals surface area contributed by atoms with Crippen molar-refractivity contribution >= 4 is 17.5 Å². The summed E-state index contributed by atoms with van der Waals surface area (Å²) < 4.78 is 16.1. The van der Waals surface area contributed by atoms with Crippen molar-refractivity contribution in [3.8, 4) is 17.2 Å². The second kappa shape index (κ2) is 10.1. The number of rotatable bonds is 8. The van der Waals surface area contributed by atoms with Crippen LogP contribution in [0.3, 0.4) is 0 Å². The van der Waals surface area contributed by atoms with E-state index in [4.69, 9.17) is 14.2 Å². The molecule has 0 radical (unpaired) electrons. The van der Waals surface area contributed by atoms with Crippen molar-refractivity contribution in [2.45, 2.75) is 20.0 Å². The SMILES string of the molecule is COc1ccc(OCCNC(=O)C(=O)Nc2ccc(OC(C)C)cc2)cc1.